The molecule has 0 unspecified atom stereocenters. The summed E-state index contributed by atoms with van der Waals surface area (Å²) in [7, 11) is 0. The van der Waals surface area contributed by atoms with Crippen molar-refractivity contribution in [3.63, 3.8) is 0 Å². The summed E-state index contributed by atoms with van der Waals surface area (Å²) >= 11 is 0. The number of esters is 1. The smallest absolute Gasteiger partial charge is 0.354 e. The fourth-order valence-electron chi connectivity index (χ4n) is 2.31. The maximum absolute atomic E-state index is 12.1. The van der Waals surface area contributed by atoms with Gasteiger partial charge < -0.3 is 14.7 Å². The molecule has 0 spiro atoms. The van der Waals surface area contributed by atoms with Gasteiger partial charge in [0.2, 0.25) is 5.43 Å². The minimum absolute atomic E-state index is 0.173. The quantitative estimate of drug-likeness (QED) is 0.702. The van der Waals surface area contributed by atoms with Crippen LogP contribution in [-0.2, 0) is 4.74 Å². The predicted octanol–water partition coefficient (Wildman–Crippen LogP) is 2.49. The van der Waals surface area contributed by atoms with Gasteiger partial charge in [-0.05, 0) is 26.0 Å². The van der Waals surface area contributed by atoms with Crippen molar-refractivity contribution in [2.24, 2.45) is 0 Å². The Morgan fingerprint density at radius 3 is 2.75 bits per heavy atom. The minimum atomic E-state index is -0.520. The van der Waals surface area contributed by atoms with E-state index >= 15 is 0 Å². The first-order valence-electron chi connectivity index (χ1n) is 6.42. The van der Waals surface area contributed by atoms with Gasteiger partial charge >= 0.3 is 5.97 Å². The van der Waals surface area contributed by atoms with Crippen LogP contribution in [0.2, 0.25) is 0 Å². The third-order valence-electron chi connectivity index (χ3n) is 3.23. The number of carbonyl (C=O) groups is 1. The molecule has 0 saturated carbocycles. The van der Waals surface area contributed by atoms with E-state index in [1.807, 2.05) is 25.1 Å². The molecule has 0 saturated heterocycles. The molecule has 0 atom stereocenters. The lowest BCUT2D eigenvalue weighted by Crippen LogP contribution is -2.12. The van der Waals surface area contributed by atoms with E-state index in [0.717, 1.165) is 16.5 Å². The summed E-state index contributed by atoms with van der Waals surface area (Å²) in [4.78, 5) is 29.9. The van der Waals surface area contributed by atoms with E-state index in [2.05, 4.69) is 9.97 Å². The summed E-state index contributed by atoms with van der Waals surface area (Å²) in [6.45, 7) is 3.97. The van der Waals surface area contributed by atoms with Gasteiger partial charge in [-0.15, -0.1) is 0 Å². The number of benzene rings is 1. The Morgan fingerprint density at radius 2 is 2.00 bits per heavy atom. The zero-order chi connectivity index (χ0) is 14.3. The average Bonchev–Trinajstić information content (AvgIpc) is 2.78. The van der Waals surface area contributed by atoms with Gasteiger partial charge in [-0.25, -0.2) is 4.79 Å². The van der Waals surface area contributed by atoms with Gasteiger partial charge in [0.25, 0.3) is 0 Å². The van der Waals surface area contributed by atoms with E-state index in [1.54, 1.807) is 6.92 Å². The van der Waals surface area contributed by atoms with Gasteiger partial charge in [-0.3, -0.25) is 4.79 Å². The van der Waals surface area contributed by atoms with E-state index in [0.29, 0.717) is 11.0 Å². The van der Waals surface area contributed by atoms with Crippen LogP contribution >= 0.6 is 0 Å². The van der Waals surface area contributed by atoms with Crippen molar-refractivity contribution in [1.82, 2.24) is 9.97 Å². The highest BCUT2D eigenvalue weighted by molar-refractivity contribution is 6.06. The summed E-state index contributed by atoms with van der Waals surface area (Å²) in [5, 5.41) is 0.892. The number of H-pyrrole nitrogens is 2. The summed E-state index contributed by atoms with van der Waals surface area (Å²) in [5.41, 5.74) is 3.00. The molecule has 0 fully saturated rings. The van der Waals surface area contributed by atoms with E-state index in [1.165, 1.54) is 6.07 Å². The first kappa shape index (κ1) is 12.5. The van der Waals surface area contributed by atoms with Gasteiger partial charge in [0.1, 0.15) is 11.2 Å². The molecule has 3 rings (SSSR count). The van der Waals surface area contributed by atoms with Crippen LogP contribution in [0.4, 0.5) is 0 Å². The molecule has 102 valence electrons. The molecular formula is C15H14N2O3. The van der Waals surface area contributed by atoms with Crippen LogP contribution in [-0.4, -0.2) is 22.5 Å². The zero-order valence-electron chi connectivity index (χ0n) is 11.2. The van der Waals surface area contributed by atoms with Crippen molar-refractivity contribution >= 4 is 27.9 Å². The monoisotopic (exact) mass is 270 g/mol. The zero-order valence-corrected chi connectivity index (χ0v) is 11.2. The van der Waals surface area contributed by atoms with Crippen molar-refractivity contribution in [1.29, 1.82) is 0 Å². The van der Waals surface area contributed by atoms with Gasteiger partial charge in [0.15, 0.2) is 0 Å². The second-order valence-electron chi connectivity index (χ2n) is 4.69. The number of fused-ring (bicyclic) bond motifs is 3. The molecule has 0 aliphatic heterocycles. The Kier molecular flexibility index (Phi) is 2.82. The molecule has 2 heterocycles. The fourth-order valence-corrected chi connectivity index (χ4v) is 2.31. The summed E-state index contributed by atoms with van der Waals surface area (Å²) in [6, 6.07) is 7.12. The lowest BCUT2D eigenvalue weighted by Gasteiger charge is -2.02. The number of hydrogen-bond acceptors (Lipinski definition) is 3. The third-order valence-corrected chi connectivity index (χ3v) is 3.23. The molecule has 3 aromatic rings. The maximum atomic E-state index is 12.1. The molecule has 0 aliphatic rings. The molecule has 2 aromatic heterocycles. The van der Waals surface area contributed by atoms with Crippen LogP contribution in [0.3, 0.4) is 0 Å². The number of aromatic nitrogens is 2. The Labute approximate surface area is 114 Å². The predicted molar refractivity (Wildman–Crippen MR) is 77.1 cm³/mol. The van der Waals surface area contributed by atoms with Gasteiger partial charge in [-0.1, -0.05) is 11.6 Å². The van der Waals surface area contributed by atoms with Crippen LogP contribution in [0.15, 0.2) is 29.1 Å². The van der Waals surface area contributed by atoms with Crippen LogP contribution in [0, 0.1) is 6.92 Å². The molecule has 2 N–H and O–H groups in total. The summed E-state index contributed by atoms with van der Waals surface area (Å²) in [5.74, 6) is -0.520. The van der Waals surface area contributed by atoms with Crippen LogP contribution in [0.25, 0.3) is 21.9 Å². The Balaban J connectivity index is 2.33. The van der Waals surface area contributed by atoms with Gasteiger partial charge in [0.05, 0.1) is 12.1 Å². The normalized spacial score (nSPS) is 11.1. The van der Waals surface area contributed by atoms with Crippen molar-refractivity contribution in [3.05, 3.63) is 45.7 Å². The number of hydrogen-bond donors (Lipinski definition) is 2. The Bertz CT molecular complexity index is 874. The summed E-state index contributed by atoms with van der Waals surface area (Å²) < 4.78 is 4.92. The lowest BCUT2D eigenvalue weighted by atomic mass is 10.1. The average molecular weight is 270 g/mol. The van der Waals surface area contributed by atoms with Crippen LogP contribution in [0.5, 0.6) is 0 Å². The fraction of sp³-hybridized carbons (Fsp3) is 0.200. The number of rotatable bonds is 2. The maximum Gasteiger partial charge on any atom is 0.354 e. The SMILES string of the molecule is CCOC(=O)c1cc(=O)c2[nH]c3ccc(C)cc3c2[nH]1. The Hall–Kier alpha value is -2.56. The van der Waals surface area contributed by atoms with Crippen molar-refractivity contribution in [2.45, 2.75) is 13.8 Å². The third kappa shape index (κ3) is 1.87. The van der Waals surface area contributed by atoms with E-state index < -0.39 is 5.97 Å². The molecule has 0 bridgehead atoms. The van der Waals surface area contributed by atoms with Crippen LogP contribution in [0.1, 0.15) is 23.0 Å². The first-order valence-corrected chi connectivity index (χ1v) is 6.42. The molecular weight excluding hydrogens is 256 g/mol. The largest absolute Gasteiger partial charge is 0.461 e. The van der Waals surface area contributed by atoms with Gasteiger partial charge in [-0.2, -0.15) is 0 Å². The van der Waals surface area contributed by atoms with E-state index in [9.17, 15) is 9.59 Å². The standard InChI is InChI=1S/C15H14N2O3/c1-3-20-15(19)11-7-12(18)14-13(17-11)9-6-8(2)4-5-10(9)16-14/h4-7,16H,3H2,1-2H3,(H,17,18). The highest BCUT2D eigenvalue weighted by Crippen LogP contribution is 2.23. The number of aromatic amines is 2. The highest BCUT2D eigenvalue weighted by atomic mass is 16.5. The van der Waals surface area contributed by atoms with Crippen LogP contribution < -0.4 is 5.43 Å². The molecule has 5 nitrogen and oxygen atoms in total. The second-order valence-corrected chi connectivity index (χ2v) is 4.69. The molecule has 0 aliphatic carbocycles. The highest BCUT2D eigenvalue weighted by Gasteiger charge is 2.14. The van der Waals surface area contributed by atoms with Crippen molar-refractivity contribution in [2.75, 3.05) is 6.61 Å². The van der Waals surface area contributed by atoms with Gasteiger partial charge in [0, 0.05) is 17.0 Å². The number of carbonyl (C=O) groups excluding carboxylic acids is 1. The van der Waals surface area contributed by atoms with E-state index in [4.69, 9.17) is 4.74 Å². The topological polar surface area (TPSA) is 75.0 Å². The Morgan fingerprint density at radius 1 is 1.20 bits per heavy atom. The number of pyridine rings is 1. The number of ether oxygens (including phenoxy) is 1. The first-order chi connectivity index (χ1) is 9.60. The molecule has 1 aromatic carbocycles. The number of nitrogens with one attached hydrogen (secondary N) is 2. The molecule has 0 amide bonds. The van der Waals surface area contributed by atoms with E-state index in [-0.39, 0.29) is 17.7 Å². The molecule has 5 heteroatoms. The molecule has 20 heavy (non-hydrogen) atoms. The number of aryl methyl sites for hydroxylation is 1. The lowest BCUT2D eigenvalue weighted by molar-refractivity contribution is 0.0520. The second kappa shape index (κ2) is 4.52. The van der Waals surface area contributed by atoms with Crippen molar-refractivity contribution < 1.29 is 9.53 Å². The van der Waals surface area contributed by atoms with Crippen molar-refractivity contribution in [3.8, 4) is 0 Å². The molecule has 0 radical (unpaired) electrons. The summed E-state index contributed by atoms with van der Waals surface area (Å²) in [6.07, 6.45) is 0. The minimum Gasteiger partial charge on any atom is -0.461 e.